The molecule has 31 heavy (non-hydrogen) atoms. The molecule has 3 aliphatic rings. The fourth-order valence-corrected chi connectivity index (χ4v) is 4.95. The van der Waals surface area contributed by atoms with E-state index < -0.39 is 5.97 Å². The van der Waals surface area contributed by atoms with E-state index >= 15 is 0 Å². The molecule has 1 aromatic heterocycles. The van der Waals surface area contributed by atoms with Crippen LogP contribution in [-0.4, -0.2) is 52.6 Å². The molecule has 3 saturated heterocycles. The van der Waals surface area contributed by atoms with Crippen molar-refractivity contribution in [3.05, 3.63) is 53.8 Å². The number of nitrogens with zero attached hydrogens (tertiary/aromatic N) is 3. The number of para-hydroxylation sites is 1. The zero-order valence-corrected chi connectivity index (χ0v) is 17.7. The summed E-state index contributed by atoms with van der Waals surface area (Å²) in [7, 11) is 0. The van der Waals surface area contributed by atoms with Crippen LogP contribution in [0.5, 0.6) is 0 Å². The Morgan fingerprint density at radius 2 is 1.90 bits per heavy atom. The number of nitrogens with one attached hydrogen (secondary N) is 1. The van der Waals surface area contributed by atoms with Crippen LogP contribution in [-0.2, 0) is 6.54 Å². The van der Waals surface area contributed by atoms with Gasteiger partial charge in [-0.25, -0.2) is 9.37 Å². The molecule has 3 fully saturated rings. The first-order valence-electron chi connectivity index (χ1n) is 10.5. The number of carboxylic acid groups (broad SMARTS) is 1. The number of carboxylic acids is 1. The Morgan fingerprint density at radius 3 is 2.55 bits per heavy atom. The molecule has 3 aliphatic heterocycles. The number of hydrogen-bond donors (Lipinski definition) is 1. The quantitative estimate of drug-likeness (QED) is 0.518. The van der Waals surface area contributed by atoms with Crippen LogP contribution >= 0.6 is 0 Å². The van der Waals surface area contributed by atoms with Crippen LogP contribution in [0, 0.1) is 11.7 Å². The van der Waals surface area contributed by atoms with Crippen molar-refractivity contribution in [3.8, 4) is 11.4 Å². The van der Waals surface area contributed by atoms with Gasteiger partial charge in [-0.15, -0.1) is 0 Å². The first-order valence-corrected chi connectivity index (χ1v) is 10.5. The van der Waals surface area contributed by atoms with Gasteiger partial charge >= 0.3 is 18.9 Å². The Hall–Kier alpha value is -2.17. The van der Waals surface area contributed by atoms with Crippen molar-refractivity contribution in [2.24, 2.45) is 5.92 Å². The molecule has 1 N–H and O–H groups in total. The summed E-state index contributed by atoms with van der Waals surface area (Å²) in [5.41, 5.74) is 2.02. The van der Waals surface area contributed by atoms with E-state index in [2.05, 4.69) is 15.2 Å². The van der Waals surface area contributed by atoms with Gasteiger partial charge < -0.3 is 24.7 Å². The number of carbonyl (C=O) groups excluding carboxylic acids is 1. The van der Waals surface area contributed by atoms with Crippen molar-refractivity contribution in [1.82, 2.24) is 19.8 Å². The van der Waals surface area contributed by atoms with Crippen molar-refractivity contribution in [3.63, 3.8) is 0 Å². The van der Waals surface area contributed by atoms with E-state index in [1.54, 1.807) is 30.3 Å². The first kappa shape index (κ1) is 22.0. The maximum absolute atomic E-state index is 13.4. The largest absolute Gasteiger partial charge is 1.00 e. The van der Waals surface area contributed by atoms with E-state index in [1.165, 1.54) is 38.1 Å². The number of carbonyl (C=O) groups is 1. The summed E-state index contributed by atoms with van der Waals surface area (Å²) in [4.78, 5) is 18.9. The minimum absolute atomic E-state index is 0. The summed E-state index contributed by atoms with van der Waals surface area (Å²) in [6.07, 6.45) is 2.47. The van der Waals surface area contributed by atoms with Crippen molar-refractivity contribution < 1.29 is 33.2 Å². The Kier molecular flexibility index (Phi) is 6.49. The van der Waals surface area contributed by atoms with E-state index in [4.69, 9.17) is 0 Å². The van der Waals surface area contributed by atoms with E-state index in [0.717, 1.165) is 12.1 Å². The molecule has 3 aromatic rings. The van der Waals surface area contributed by atoms with Gasteiger partial charge in [-0.05, 0) is 62.2 Å². The van der Waals surface area contributed by atoms with Crippen LogP contribution in [0.2, 0.25) is 0 Å². The van der Waals surface area contributed by atoms with Crippen molar-refractivity contribution in [1.29, 1.82) is 0 Å². The molecule has 8 heteroatoms. The second-order valence-corrected chi connectivity index (χ2v) is 8.25. The topological polar surface area (TPSA) is 73.2 Å². The molecule has 2 aromatic carbocycles. The van der Waals surface area contributed by atoms with Crippen LogP contribution < -0.4 is 29.3 Å². The predicted octanol–water partition coefficient (Wildman–Crippen LogP) is -1.11. The minimum Gasteiger partial charge on any atom is -0.545 e. The number of piperidine rings is 3. The molecule has 0 radical (unpaired) electrons. The molecule has 0 unspecified atom stereocenters. The first-order chi connectivity index (χ1) is 14.6. The second-order valence-electron chi connectivity index (χ2n) is 8.25. The fraction of sp³-hybridized carbons (Fsp3) is 0.391. The van der Waals surface area contributed by atoms with Gasteiger partial charge in [0.2, 0.25) is 0 Å². The van der Waals surface area contributed by atoms with Crippen LogP contribution in [0.1, 0.15) is 23.2 Å². The third kappa shape index (κ3) is 4.28. The fourth-order valence-electron chi connectivity index (χ4n) is 4.95. The molecule has 0 aliphatic carbocycles. The number of aromatic nitrogens is 2. The molecule has 0 amide bonds. The normalized spacial score (nSPS) is 22.4. The van der Waals surface area contributed by atoms with Crippen LogP contribution in [0.3, 0.4) is 0 Å². The second kappa shape index (κ2) is 9.13. The van der Waals surface area contributed by atoms with Crippen molar-refractivity contribution in [2.75, 3.05) is 26.2 Å². The number of halogens is 1. The van der Waals surface area contributed by atoms with Crippen molar-refractivity contribution >= 4 is 17.0 Å². The predicted molar refractivity (Wildman–Crippen MR) is 110 cm³/mol. The zero-order chi connectivity index (χ0) is 20.7. The van der Waals surface area contributed by atoms with E-state index in [-0.39, 0.29) is 30.2 Å². The zero-order valence-electron chi connectivity index (χ0n) is 17.7. The molecule has 6 rings (SSSR count). The monoisotopic (exact) mass is 414 g/mol. The summed E-state index contributed by atoms with van der Waals surface area (Å²) in [5, 5.41) is 15.4. The van der Waals surface area contributed by atoms with E-state index in [0.29, 0.717) is 41.9 Å². The van der Waals surface area contributed by atoms with Crippen LogP contribution in [0.4, 0.5) is 4.39 Å². The average molecular weight is 414 g/mol. The number of benzene rings is 2. The molecule has 4 heterocycles. The molecule has 0 saturated carbocycles. The van der Waals surface area contributed by atoms with Crippen LogP contribution in [0.15, 0.2) is 42.5 Å². The van der Waals surface area contributed by atoms with Gasteiger partial charge in [-0.2, -0.15) is 0 Å². The summed E-state index contributed by atoms with van der Waals surface area (Å²) in [6.45, 7) is 4.73. The van der Waals surface area contributed by atoms with Gasteiger partial charge in [0.25, 0.3) is 0 Å². The third-order valence-corrected chi connectivity index (χ3v) is 6.49. The summed E-state index contributed by atoms with van der Waals surface area (Å²) in [5.74, 6) is -0.196. The third-order valence-electron chi connectivity index (χ3n) is 6.49. The summed E-state index contributed by atoms with van der Waals surface area (Å²) < 4.78 is 15.4. The van der Waals surface area contributed by atoms with Gasteiger partial charge in [0.15, 0.2) is 0 Å². The number of hydrogen-bond acceptors (Lipinski definition) is 5. The number of fused-ring (bicyclic) bond motifs is 4. The standard InChI is InChI=1S/C23H25FN4O2.Li/c24-17-6-4-16(5-7-17)22-26-19-3-1-2-18(23(29)30)21(19)28(22)13-10-25-20-14-27-11-8-15(20)9-12-27;/h1-7,15,20,25H,8-14H2,(H,29,30);/q;+1/p-1/t20-;/m1./s1. The average Bonchev–Trinajstić information content (AvgIpc) is 3.14. The molecule has 2 bridgehead atoms. The molecular weight excluding hydrogens is 390 g/mol. The Balaban J connectivity index is 0.00000231. The van der Waals surface area contributed by atoms with E-state index in [1.807, 2.05) is 4.57 Å². The summed E-state index contributed by atoms with van der Waals surface area (Å²) >= 11 is 0. The smallest absolute Gasteiger partial charge is 0.545 e. The number of imidazole rings is 1. The summed E-state index contributed by atoms with van der Waals surface area (Å²) in [6, 6.07) is 11.6. The Morgan fingerprint density at radius 1 is 1.16 bits per heavy atom. The molecule has 0 spiro atoms. The van der Waals surface area contributed by atoms with Gasteiger partial charge in [-0.1, -0.05) is 12.1 Å². The molecule has 156 valence electrons. The Bertz CT molecular complexity index is 1080. The number of rotatable bonds is 6. The molecule has 6 nitrogen and oxygen atoms in total. The van der Waals surface area contributed by atoms with E-state index in [9.17, 15) is 14.3 Å². The Labute approximate surface area is 192 Å². The van der Waals surface area contributed by atoms with Gasteiger partial charge in [-0.3, -0.25) is 0 Å². The SMILES string of the molecule is O=C([O-])c1cccc2nc(-c3ccc(F)cc3)n(CCN[C@@H]3CN4CCC3CC4)c12.[Li+]. The van der Waals surface area contributed by atoms with Gasteiger partial charge in [0, 0.05) is 36.8 Å². The van der Waals surface area contributed by atoms with Crippen molar-refractivity contribution in [2.45, 2.75) is 25.4 Å². The molecule has 1 atom stereocenters. The van der Waals surface area contributed by atoms with Gasteiger partial charge in [0.05, 0.1) is 17.0 Å². The van der Waals surface area contributed by atoms with Gasteiger partial charge in [0.1, 0.15) is 11.6 Å². The minimum atomic E-state index is -1.22. The maximum Gasteiger partial charge on any atom is 1.00 e. The number of aromatic carboxylic acids is 1. The maximum atomic E-state index is 13.4. The molecular formula is C23H24FLiN4O2. The van der Waals surface area contributed by atoms with Crippen LogP contribution in [0.25, 0.3) is 22.4 Å².